The fourth-order valence-electron chi connectivity index (χ4n) is 3.05. The van der Waals surface area contributed by atoms with E-state index >= 15 is 0 Å². The monoisotopic (exact) mass is 261 g/mol. The molecule has 2 aliphatic rings. The number of rotatable bonds is 4. The van der Waals surface area contributed by atoms with Gasteiger partial charge in [-0.3, -0.25) is 4.90 Å². The van der Waals surface area contributed by atoms with E-state index in [4.69, 9.17) is 0 Å². The Hall–Kier alpha value is -1.36. The maximum atomic E-state index is 4.63. The molecule has 1 N–H and O–H groups in total. The van der Waals surface area contributed by atoms with Gasteiger partial charge in [0.05, 0.1) is 0 Å². The highest BCUT2D eigenvalue weighted by Gasteiger charge is 2.30. The molecule has 0 aliphatic carbocycles. The van der Waals surface area contributed by atoms with Gasteiger partial charge in [-0.25, -0.2) is 4.98 Å². The largest absolute Gasteiger partial charge is 0.354 e. The van der Waals surface area contributed by atoms with E-state index in [2.05, 4.69) is 32.0 Å². The Morgan fingerprint density at radius 3 is 3.21 bits per heavy atom. The van der Waals surface area contributed by atoms with Crippen LogP contribution in [-0.4, -0.2) is 53.6 Å². The zero-order chi connectivity index (χ0) is 13.1. The number of fused-ring (bicyclic) bond motifs is 1. The van der Waals surface area contributed by atoms with E-state index in [-0.39, 0.29) is 0 Å². The van der Waals surface area contributed by atoms with Crippen molar-refractivity contribution in [1.82, 2.24) is 14.9 Å². The van der Waals surface area contributed by atoms with E-state index in [1.54, 1.807) is 0 Å². The lowest BCUT2D eigenvalue weighted by molar-refractivity contribution is 0.230. The third kappa shape index (κ3) is 2.81. The van der Waals surface area contributed by atoms with Crippen LogP contribution in [0.1, 0.15) is 26.2 Å². The Morgan fingerprint density at radius 1 is 1.37 bits per heavy atom. The zero-order valence-electron chi connectivity index (χ0n) is 11.7. The van der Waals surface area contributed by atoms with Crippen LogP contribution in [0.3, 0.4) is 0 Å². The third-order valence-electron chi connectivity index (χ3n) is 4.09. The maximum Gasteiger partial charge on any atom is 0.224 e. The summed E-state index contributed by atoms with van der Waals surface area (Å²) in [5, 5.41) is 3.26. The topological polar surface area (TPSA) is 44.3 Å². The van der Waals surface area contributed by atoms with Crippen molar-refractivity contribution in [3.05, 3.63) is 12.3 Å². The maximum absolute atomic E-state index is 4.63. The SMILES string of the molecule is CCCNc1nccc(N2CCN3CCCC3C2)n1. The van der Waals surface area contributed by atoms with Crippen LogP contribution in [0.2, 0.25) is 0 Å². The van der Waals surface area contributed by atoms with Gasteiger partial charge in [-0.05, 0) is 31.9 Å². The van der Waals surface area contributed by atoms with Gasteiger partial charge in [-0.2, -0.15) is 4.98 Å². The molecule has 0 radical (unpaired) electrons. The Bertz CT molecular complexity index is 422. The Labute approximate surface area is 115 Å². The van der Waals surface area contributed by atoms with Crippen LogP contribution >= 0.6 is 0 Å². The molecule has 1 atom stereocenters. The fraction of sp³-hybridized carbons (Fsp3) is 0.714. The molecule has 1 unspecified atom stereocenters. The van der Waals surface area contributed by atoms with Crippen molar-refractivity contribution < 1.29 is 0 Å². The average Bonchev–Trinajstić information content (AvgIpc) is 2.92. The molecule has 0 bridgehead atoms. The van der Waals surface area contributed by atoms with Crippen molar-refractivity contribution in [2.45, 2.75) is 32.2 Å². The highest BCUT2D eigenvalue weighted by molar-refractivity contribution is 5.43. The van der Waals surface area contributed by atoms with Gasteiger partial charge in [0.1, 0.15) is 5.82 Å². The quantitative estimate of drug-likeness (QED) is 0.891. The molecule has 3 rings (SSSR count). The molecule has 0 spiro atoms. The lowest BCUT2D eigenvalue weighted by Gasteiger charge is -2.38. The standard InChI is InChI=1S/C14H23N5/c1-2-6-15-14-16-7-5-13(17-14)19-10-9-18-8-3-4-12(18)11-19/h5,7,12H,2-4,6,8-11H2,1H3,(H,15,16,17). The molecule has 0 aromatic carbocycles. The minimum absolute atomic E-state index is 0.732. The predicted molar refractivity (Wildman–Crippen MR) is 77.6 cm³/mol. The molecule has 104 valence electrons. The summed E-state index contributed by atoms with van der Waals surface area (Å²) < 4.78 is 0. The van der Waals surface area contributed by atoms with Gasteiger partial charge in [0.2, 0.25) is 5.95 Å². The van der Waals surface area contributed by atoms with Crippen LogP contribution in [0.15, 0.2) is 12.3 Å². The molecule has 2 fully saturated rings. The summed E-state index contributed by atoms with van der Waals surface area (Å²) in [5.74, 6) is 1.83. The smallest absolute Gasteiger partial charge is 0.224 e. The van der Waals surface area contributed by atoms with E-state index in [0.29, 0.717) is 0 Å². The number of nitrogens with zero attached hydrogens (tertiary/aromatic N) is 4. The van der Waals surface area contributed by atoms with E-state index in [1.807, 2.05) is 12.3 Å². The number of nitrogens with one attached hydrogen (secondary N) is 1. The van der Waals surface area contributed by atoms with Crippen molar-refractivity contribution in [2.75, 3.05) is 42.9 Å². The van der Waals surface area contributed by atoms with E-state index in [1.165, 1.54) is 25.9 Å². The van der Waals surface area contributed by atoms with Crippen LogP contribution < -0.4 is 10.2 Å². The van der Waals surface area contributed by atoms with Crippen molar-refractivity contribution in [3.63, 3.8) is 0 Å². The lowest BCUT2D eigenvalue weighted by Crippen LogP contribution is -2.50. The van der Waals surface area contributed by atoms with Crippen LogP contribution in [0.5, 0.6) is 0 Å². The Balaban J connectivity index is 1.68. The van der Waals surface area contributed by atoms with Gasteiger partial charge in [0.25, 0.3) is 0 Å². The van der Waals surface area contributed by atoms with Crippen molar-refractivity contribution in [1.29, 1.82) is 0 Å². The summed E-state index contributed by atoms with van der Waals surface area (Å²) in [6.07, 6.45) is 5.64. The molecular formula is C14H23N5. The Morgan fingerprint density at radius 2 is 2.32 bits per heavy atom. The first kappa shape index (κ1) is 12.7. The van der Waals surface area contributed by atoms with E-state index in [9.17, 15) is 0 Å². The average molecular weight is 261 g/mol. The number of hydrogen-bond donors (Lipinski definition) is 1. The van der Waals surface area contributed by atoms with Crippen LogP contribution in [0.25, 0.3) is 0 Å². The summed E-state index contributed by atoms with van der Waals surface area (Å²) in [7, 11) is 0. The predicted octanol–water partition coefficient (Wildman–Crippen LogP) is 1.58. The molecule has 5 heteroatoms. The second-order valence-electron chi connectivity index (χ2n) is 5.44. The van der Waals surface area contributed by atoms with Gasteiger partial charge < -0.3 is 10.2 Å². The molecule has 2 aliphatic heterocycles. The molecule has 0 saturated carbocycles. The van der Waals surface area contributed by atoms with Crippen molar-refractivity contribution >= 4 is 11.8 Å². The summed E-state index contributed by atoms with van der Waals surface area (Å²) in [6.45, 7) is 7.74. The molecule has 3 heterocycles. The highest BCUT2D eigenvalue weighted by Crippen LogP contribution is 2.24. The molecule has 0 amide bonds. The van der Waals surface area contributed by atoms with E-state index < -0.39 is 0 Å². The van der Waals surface area contributed by atoms with E-state index in [0.717, 1.165) is 43.9 Å². The summed E-state index contributed by atoms with van der Waals surface area (Å²) in [6, 6.07) is 2.76. The second kappa shape index (κ2) is 5.74. The third-order valence-corrected chi connectivity index (χ3v) is 4.09. The number of anilines is 2. The van der Waals surface area contributed by atoms with Crippen molar-refractivity contribution in [2.24, 2.45) is 0 Å². The van der Waals surface area contributed by atoms with Gasteiger partial charge >= 0.3 is 0 Å². The molecule has 19 heavy (non-hydrogen) atoms. The van der Waals surface area contributed by atoms with Crippen LogP contribution in [0, 0.1) is 0 Å². The second-order valence-corrected chi connectivity index (χ2v) is 5.44. The first-order valence-corrected chi connectivity index (χ1v) is 7.42. The summed E-state index contributed by atoms with van der Waals surface area (Å²) in [5.41, 5.74) is 0. The molecule has 1 aromatic rings. The molecule has 1 aromatic heterocycles. The first-order valence-electron chi connectivity index (χ1n) is 7.42. The molecule has 2 saturated heterocycles. The van der Waals surface area contributed by atoms with Gasteiger partial charge in [-0.1, -0.05) is 6.92 Å². The van der Waals surface area contributed by atoms with Crippen LogP contribution in [0.4, 0.5) is 11.8 Å². The minimum Gasteiger partial charge on any atom is -0.354 e. The fourth-order valence-corrected chi connectivity index (χ4v) is 3.05. The number of hydrogen-bond acceptors (Lipinski definition) is 5. The van der Waals surface area contributed by atoms with Gasteiger partial charge in [0.15, 0.2) is 0 Å². The van der Waals surface area contributed by atoms with Gasteiger partial charge in [0, 0.05) is 38.4 Å². The highest BCUT2D eigenvalue weighted by atomic mass is 15.3. The summed E-state index contributed by atoms with van der Waals surface area (Å²) in [4.78, 5) is 13.9. The normalized spacial score (nSPS) is 23.4. The minimum atomic E-state index is 0.732. The molecule has 5 nitrogen and oxygen atoms in total. The van der Waals surface area contributed by atoms with Crippen molar-refractivity contribution in [3.8, 4) is 0 Å². The zero-order valence-corrected chi connectivity index (χ0v) is 11.7. The van der Waals surface area contributed by atoms with Crippen LogP contribution in [-0.2, 0) is 0 Å². The molecular weight excluding hydrogens is 238 g/mol. The lowest BCUT2D eigenvalue weighted by atomic mass is 10.1. The van der Waals surface area contributed by atoms with Gasteiger partial charge in [-0.15, -0.1) is 0 Å². The summed E-state index contributed by atoms with van der Waals surface area (Å²) >= 11 is 0. The first-order chi connectivity index (χ1) is 9.36. The Kier molecular flexibility index (Phi) is 3.82. The number of piperazine rings is 1. The number of aromatic nitrogens is 2.